The minimum absolute atomic E-state index is 0.0165. The van der Waals surface area contributed by atoms with Gasteiger partial charge in [-0.05, 0) is 43.3 Å². The largest absolute Gasteiger partial charge is 0.497 e. The Balaban J connectivity index is 1.43. The van der Waals surface area contributed by atoms with E-state index in [1.165, 1.54) is 12.1 Å². The standard InChI is InChI=1S/C23H23N5O4/c1-16-13-18(5-8-21(16)28(30)31)23(29)27-11-9-26(10-12-27)22-14-20(24-15-25-22)17-3-6-19(32-2)7-4-17/h3-8,13-15H,9-12H2,1-2H3. The first-order valence-electron chi connectivity index (χ1n) is 10.2. The molecule has 1 aliphatic rings. The van der Waals surface area contributed by atoms with Crippen LogP contribution in [0.25, 0.3) is 11.3 Å². The zero-order valence-corrected chi connectivity index (χ0v) is 17.9. The van der Waals surface area contributed by atoms with Gasteiger partial charge < -0.3 is 14.5 Å². The van der Waals surface area contributed by atoms with Crippen LogP contribution < -0.4 is 9.64 Å². The molecule has 0 saturated carbocycles. The molecule has 1 saturated heterocycles. The van der Waals surface area contributed by atoms with E-state index in [2.05, 4.69) is 14.9 Å². The number of carbonyl (C=O) groups is 1. The maximum atomic E-state index is 12.9. The molecular weight excluding hydrogens is 410 g/mol. The van der Waals surface area contributed by atoms with Crippen LogP contribution in [-0.2, 0) is 0 Å². The highest BCUT2D eigenvalue weighted by atomic mass is 16.6. The highest BCUT2D eigenvalue weighted by Crippen LogP contribution is 2.24. The normalized spacial score (nSPS) is 13.7. The van der Waals surface area contributed by atoms with E-state index in [9.17, 15) is 14.9 Å². The number of methoxy groups -OCH3 is 1. The van der Waals surface area contributed by atoms with Crippen LogP contribution in [0.2, 0.25) is 0 Å². The number of benzene rings is 2. The third kappa shape index (κ3) is 4.36. The van der Waals surface area contributed by atoms with Gasteiger partial charge in [0.25, 0.3) is 11.6 Å². The molecule has 0 bridgehead atoms. The van der Waals surface area contributed by atoms with Gasteiger partial charge in [-0.25, -0.2) is 9.97 Å². The van der Waals surface area contributed by atoms with E-state index in [0.717, 1.165) is 22.8 Å². The van der Waals surface area contributed by atoms with E-state index in [1.807, 2.05) is 30.3 Å². The molecule has 2 heterocycles. The summed E-state index contributed by atoms with van der Waals surface area (Å²) in [6, 6.07) is 14.1. The fourth-order valence-corrected chi connectivity index (χ4v) is 3.75. The SMILES string of the molecule is COc1ccc(-c2cc(N3CCN(C(=O)c4ccc([N+](=O)[O-])c(C)c4)CC3)ncn2)cc1. The molecule has 164 valence electrons. The summed E-state index contributed by atoms with van der Waals surface area (Å²) in [7, 11) is 1.63. The second-order valence-electron chi connectivity index (χ2n) is 7.53. The lowest BCUT2D eigenvalue weighted by Gasteiger charge is -2.35. The fraction of sp³-hybridized carbons (Fsp3) is 0.261. The Bertz CT molecular complexity index is 1140. The number of carbonyl (C=O) groups excluding carboxylic acids is 1. The maximum Gasteiger partial charge on any atom is 0.272 e. The highest BCUT2D eigenvalue weighted by molar-refractivity contribution is 5.95. The van der Waals surface area contributed by atoms with E-state index < -0.39 is 4.92 Å². The van der Waals surface area contributed by atoms with Gasteiger partial charge in [0.1, 0.15) is 17.9 Å². The molecule has 4 rings (SSSR count). The number of aryl methyl sites for hydroxylation is 1. The van der Waals surface area contributed by atoms with Crippen LogP contribution in [0.15, 0.2) is 54.9 Å². The molecule has 0 atom stereocenters. The molecule has 1 amide bonds. The molecule has 1 aromatic heterocycles. The minimum atomic E-state index is -0.440. The molecule has 0 unspecified atom stereocenters. The fourth-order valence-electron chi connectivity index (χ4n) is 3.75. The molecule has 1 fully saturated rings. The number of piperazine rings is 1. The average molecular weight is 433 g/mol. The Hall–Kier alpha value is -4.01. The Morgan fingerprint density at radius 2 is 1.75 bits per heavy atom. The third-order valence-corrected chi connectivity index (χ3v) is 5.57. The summed E-state index contributed by atoms with van der Waals surface area (Å²) in [6.07, 6.45) is 1.55. The first kappa shape index (κ1) is 21.2. The van der Waals surface area contributed by atoms with Gasteiger partial charge in [-0.3, -0.25) is 14.9 Å². The Labute approximate surface area is 185 Å². The molecule has 1 aliphatic heterocycles. The summed E-state index contributed by atoms with van der Waals surface area (Å²) in [4.78, 5) is 36.1. The van der Waals surface area contributed by atoms with Crippen molar-refractivity contribution in [3.05, 3.63) is 76.1 Å². The van der Waals surface area contributed by atoms with Crippen molar-refractivity contribution < 1.29 is 14.5 Å². The number of rotatable bonds is 5. The van der Waals surface area contributed by atoms with Crippen LogP contribution in [0.5, 0.6) is 5.75 Å². The van der Waals surface area contributed by atoms with Crippen molar-refractivity contribution in [2.24, 2.45) is 0 Å². The number of hydrogen-bond acceptors (Lipinski definition) is 7. The summed E-state index contributed by atoms with van der Waals surface area (Å²) in [5, 5.41) is 11.0. The van der Waals surface area contributed by atoms with Crippen LogP contribution in [0.4, 0.5) is 11.5 Å². The summed E-state index contributed by atoms with van der Waals surface area (Å²) < 4.78 is 5.20. The summed E-state index contributed by atoms with van der Waals surface area (Å²) in [6.45, 7) is 3.99. The molecular formula is C23H23N5O4. The number of hydrogen-bond donors (Lipinski definition) is 0. The number of ether oxygens (including phenoxy) is 1. The molecule has 0 spiro atoms. The first-order valence-corrected chi connectivity index (χ1v) is 10.2. The van der Waals surface area contributed by atoms with E-state index in [-0.39, 0.29) is 11.6 Å². The third-order valence-electron chi connectivity index (χ3n) is 5.57. The van der Waals surface area contributed by atoms with Gasteiger partial charge in [0.05, 0.1) is 17.7 Å². The molecule has 0 aliphatic carbocycles. The van der Waals surface area contributed by atoms with Crippen molar-refractivity contribution in [2.45, 2.75) is 6.92 Å². The predicted octanol–water partition coefficient (Wildman–Crippen LogP) is 3.33. The lowest BCUT2D eigenvalue weighted by atomic mass is 10.1. The zero-order valence-electron chi connectivity index (χ0n) is 17.9. The van der Waals surface area contributed by atoms with Crippen LogP contribution >= 0.6 is 0 Å². The summed E-state index contributed by atoms with van der Waals surface area (Å²) >= 11 is 0. The highest BCUT2D eigenvalue weighted by Gasteiger charge is 2.24. The molecule has 2 aromatic carbocycles. The van der Waals surface area contributed by atoms with E-state index in [1.54, 1.807) is 31.3 Å². The van der Waals surface area contributed by atoms with Gasteiger partial charge in [0, 0.05) is 55.0 Å². The number of anilines is 1. The van der Waals surface area contributed by atoms with Gasteiger partial charge in [-0.2, -0.15) is 0 Å². The van der Waals surface area contributed by atoms with Crippen LogP contribution in [0, 0.1) is 17.0 Å². The second kappa shape index (κ2) is 9.01. The smallest absolute Gasteiger partial charge is 0.272 e. The number of amides is 1. The second-order valence-corrected chi connectivity index (χ2v) is 7.53. The molecule has 0 N–H and O–H groups in total. The maximum absolute atomic E-state index is 12.9. The average Bonchev–Trinajstić information content (AvgIpc) is 2.83. The lowest BCUT2D eigenvalue weighted by Crippen LogP contribution is -2.49. The molecule has 9 nitrogen and oxygen atoms in total. The molecule has 32 heavy (non-hydrogen) atoms. The van der Waals surface area contributed by atoms with Crippen LogP contribution in [0.3, 0.4) is 0 Å². The summed E-state index contributed by atoms with van der Waals surface area (Å²) in [5.74, 6) is 1.47. The Morgan fingerprint density at radius 3 is 2.38 bits per heavy atom. The predicted molar refractivity (Wildman–Crippen MR) is 120 cm³/mol. The Morgan fingerprint density at radius 1 is 1.03 bits per heavy atom. The minimum Gasteiger partial charge on any atom is -0.497 e. The topological polar surface area (TPSA) is 102 Å². The zero-order chi connectivity index (χ0) is 22.7. The van der Waals surface area contributed by atoms with Crippen molar-refractivity contribution in [1.29, 1.82) is 0 Å². The first-order chi connectivity index (χ1) is 15.5. The van der Waals surface area contributed by atoms with Crippen LogP contribution in [0.1, 0.15) is 15.9 Å². The van der Waals surface area contributed by atoms with Crippen molar-refractivity contribution in [3.63, 3.8) is 0 Å². The molecule has 9 heteroatoms. The van der Waals surface area contributed by atoms with Gasteiger partial charge >= 0.3 is 0 Å². The number of nitro groups is 1. The summed E-state index contributed by atoms with van der Waals surface area (Å²) in [5.41, 5.74) is 2.74. The number of aromatic nitrogens is 2. The van der Waals surface area contributed by atoms with Crippen molar-refractivity contribution in [1.82, 2.24) is 14.9 Å². The van der Waals surface area contributed by atoms with Crippen LogP contribution in [-0.4, -0.2) is 59.0 Å². The van der Waals surface area contributed by atoms with Crippen molar-refractivity contribution in [3.8, 4) is 17.0 Å². The van der Waals surface area contributed by atoms with Gasteiger partial charge in [0.2, 0.25) is 0 Å². The van der Waals surface area contributed by atoms with Gasteiger partial charge in [-0.15, -0.1) is 0 Å². The van der Waals surface area contributed by atoms with E-state index in [4.69, 9.17) is 4.74 Å². The van der Waals surface area contributed by atoms with E-state index >= 15 is 0 Å². The van der Waals surface area contributed by atoms with E-state index in [0.29, 0.717) is 37.3 Å². The van der Waals surface area contributed by atoms with Gasteiger partial charge in [0.15, 0.2) is 0 Å². The molecule has 0 radical (unpaired) electrons. The monoisotopic (exact) mass is 433 g/mol. The van der Waals surface area contributed by atoms with Gasteiger partial charge in [-0.1, -0.05) is 0 Å². The lowest BCUT2D eigenvalue weighted by molar-refractivity contribution is -0.385. The Kier molecular flexibility index (Phi) is 5.98. The number of nitrogens with zero attached hydrogens (tertiary/aromatic N) is 5. The van der Waals surface area contributed by atoms with Crippen molar-refractivity contribution in [2.75, 3.05) is 38.2 Å². The quantitative estimate of drug-likeness (QED) is 0.449. The molecule has 3 aromatic rings. The number of nitro benzene ring substituents is 1. The van der Waals surface area contributed by atoms with Crippen molar-refractivity contribution >= 4 is 17.4 Å².